The molecule has 1 fully saturated rings. The van der Waals surface area contributed by atoms with Gasteiger partial charge in [-0.1, -0.05) is 12.1 Å². The average Bonchev–Trinajstić information content (AvgIpc) is 2.89. The monoisotopic (exact) mass is 323 g/mol. The van der Waals surface area contributed by atoms with Gasteiger partial charge in [0.1, 0.15) is 6.04 Å². The molecule has 0 bridgehead atoms. The molecule has 1 saturated heterocycles. The van der Waals surface area contributed by atoms with Crippen LogP contribution in [0.2, 0.25) is 0 Å². The van der Waals surface area contributed by atoms with Gasteiger partial charge >= 0.3 is 5.76 Å². The fourth-order valence-electron chi connectivity index (χ4n) is 3.23. The van der Waals surface area contributed by atoms with Crippen molar-refractivity contribution in [2.75, 3.05) is 13.1 Å². The van der Waals surface area contributed by atoms with Crippen molar-refractivity contribution in [3.63, 3.8) is 0 Å². The quantitative estimate of drug-likeness (QED) is 0.741. The molecule has 1 amide bonds. The lowest BCUT2D eigenvalue weighted by atomic mass is 9.91. The second-order valence-electron chi connectivity index (χ2n) is 6.10. The van der Waals surface area contributed by atoms with E-state index in [1.807, 2.05) is 18.2 Å². The van der Waals surface area contributed by atoms with Crippen molar-refractivity contribution in [3.8, 4) is 0 Å². The molecule has 122 valence electrons. The second kappa shape index (κ2) is 5.63. The van der Waals surface area contributed by atoms with Crippen molar-refractivity contribution in [3.05, 3.63) is 64.9 Å². The lowest BCUT2D eigenvalue weighted by Crippen LogP contribution is -2.51. The highest BCUT2D eigenvalue weighted by Crippen LogP contribution is 2.29. The summed E-state index contributed by atoms with van der Waals surface area (Å²) in [5.74, 6) is -0.223. The Kier molecular flexibility index (Phi) is 3.45. The average molecular weight is 323 g/mol. The van der Waals surface area contributed by atoms with Crippen molar-refractivity contribution in [2.24, 2.45) is 0 Å². The van der Waals surface area contributed by atoms with Crippen molar-refractivity contribution in [2.45, 2.75) is 18.9 Å². The maximum atomic E-state index is 12.7. The van der Waals surface area contributed by atoms with Crippen LogP contribution in [0.1, 0.15) is 24.4 Å². The van der Waals surface area contributed by atoms with Crippen molar-refractivity contribution >= 4 is 17.0 Å². The van der Waals surface area contributed by atoms with Crippen LogP contribution in [0.15, 0.2) is 58.0 Å². The zero-order chi connectivity index (χ0) is 16.7. The number of oxazole rings is 1. The van der Waals surface area contributed by atoms with E-state index >= 15 is 0 Å². The molecule has 0 saturated carbocycles. The minimum Gasteiger partial charge on any atom is -0.408 e. The van der Waals surface area contributed by atoms with Gasteiger partial charge in [-0.2, -0.15) is 0 Å². The summed E-state index contributed by atoms with van der Waals surface area (Å²) in [4.78, 5) is 30.6. The Morgan fingerprint density at radius 1 is 1.21 bits per heavy atom. The Morgan fingerprint density at radius 2 is 1.92 bits per heavy atom. The molecule has 1 atom stereocenters. The van der Waals surface area contributed by atoms with E-state index in [9.17, 15) is 9.59 Å². The van der Waals surface area contributed by atoms with Gasteiger partial charge < -0.3 is 9.32 Å². The minimum atomic E-state index is -0.584. The van der Waals surface area contributed by atoms with Gasteiger partial charge in [-0.25, -0.2) is 4.79 Å². The van der Waals surface area contributed by atoms with E-state index in [1.54, 1.807) is 42.4 Å². The summed E-state index contributed by atoms with van der Waals surface area (Å²) in [6, 6.07) is 10.5. The molecule has 6 nitrogen and oxygen atoms in total. The summed E-state index contributed by atoms with van der Waals surface area (Å²) in [6.45, 7) is 3.07. The molecule has 1 aromatic carbocycles. The molecule has 0 radical (unpaired) electrons. The van der Waals surface area contributed by atoms with Crippen LogP contribution >= 0.6 is 0 Å². The number of hydrogen-bond donors (Lipinski definition) is 0. The number of rotatable bonds is 3. The zero-order valence-corrected chi connectivity index (χ0v) is 13.3. The lowest BCUT2D eigenvalue weighted by molar-refractivity contribution is -0.138. The Morgan fingerprint density at radius 3 is 2.67 bits per heavy atom. The molecule has 6 heteroatoms. The number of nitrogens with zero attached hydrogens (tertiary/aromatic N) is 3. The molecular formula is C18H17N3O3. The van der Waals surface area contributed by atoms with E-state index in [2.05, 4.69) is 4.98 Å². The van der Waals surface area contributed by atoms with Crippen molar-refractivity contribution in [1.82, 2.24) is 14.5 Å². The van der Waals surface area contributed by atoms with Gasteiger partial charge in [0.2, 0.25) is 5.91 Å². The number of pyridine rings is 1. The molecule has 3 aromatic rings. The number of hydrogen-bond acceptors (Lipinski definition) is 4. The van der Waals surface area contributed by atoms with Crippen molar-refractivity contribution in [1.29, 1.82) is 0 Å². The Labute approximate surface area is 138 Å². The summed E-state index contributed by atoms with van der Waals surface area (Å²) < 4.78 is 6.65. The normalized spacial score (nSPS) is 16.1. The van der Waals surface area contributed by atoms with Crippen LogP contribution in [-0.2, 0) is 4.79 Å². The standard InChI is InChI=1S/C18H17N3O3/c1-12(21-15-4-2-3-5-16(15)24-18(21)23)17(22)20-10-14(11-20)13-6-8-19-9-7-13/h2-9,12,14H,10-11H2,1H3. The number of likely N-dealkylation sites (tertiary alicyclic amines) is 1. The highest BCUT2D eigenvalue weighted by Gasteiger charge is 2.35. The van der Waals surface area contributed by atoms with Crippen LogP contribution in [0.5, 0.6) is 0 Å². The number of para-hydroxylation sites is 2. The van der Waals surface area contributed by atoms with Gasteiger partial charge in [-0.05, 0) is 36.8 Å². The van der Waals surface area contributed by atoms with E-state index in [4.69, 9.17) is 4.42 Å². The number of benzene rings is 1. The smallest absolute Gasteiger partial charge is 0.408 e. The number of carbonyl (C=O) groups excluding carboxylic acids is 1. The Hall–Kier alpha value is -2.89. The predicted molar refractivity (Wildman–Crippen MR) is 88.7 cm³/mol. The highest BCUT2D eigenvalue weighted by atomic mass is 16.4. The molecule has 0 spiro atoms. The van der Waals surface area contributed by atoms with Gasteiger partial charge in [0, 0.05) is 31.4 Å². The molecule has 1 unspecified atom stereocenters. The SMILES string of the molecule is CC(C(=O)N1CC(c2ccncc2)C1)n1c(=O)oc2ccccc21. The van der Waals surface area contributed by atoms with E-state index in [0.29, 0.717) is 30.1 Å². The topological polar surface area (TPSA) is 68.3 Å². The van der Waals surface area contributed by atoms with E-state index in [-0.39, 0.29) is 5.91 Å². The summed E-state index contributed by atoms with van der Waals surface area (Å²) in [5, 5.41) is 0. The largest absolute Gasteiger partial charge is 0.420 e. The van der Waals surface area contributed by atoms with Gasteiger partial charge in [-0.3, -0.25) is 14.3 Å². The van der Waals surface area contributed by atoms with E-state index in [0.717, 1.165) is 0 Å². The van der Waals surface area contributed by atoms with Gasteiger partial charge in [0.05, 0.1) is 5.52 Å². The first-order chi connectivity index (χ1) is 11.6. The third-order valence-corrected chi connectivity index (χ3v) is 4.63. The maximum absolute atomic E-state index is 12.7. The fourth-order valence-corrected chi connectivity index (χ4v) is 3.23. The molecule has 0 N–H and O–H groups in total. The summed E-state index contributed by atoms with van der Waals surface area (Å²) in [5.41, 5.74) is 2.34. The molecule has 0 aliphatic carbocycles. The van der Waals surface area contributed by atoms with Crippen LogP contribution < -0.4 is 5.76 Å². The van der Waals surface area contributed by atoms with Gasteiger partial charge in [0.25, 0.3) is 0 Å². The number of aromatic nitrogens is 2. The summed E-state index contributed by atoms with van der Waals surface area (Å²) in [7, 11) is 0. The third-order valence-electron chi connectivity index (χ3n) is 4.63. The molecule has 4 rings (SSSR count). The first kappa shape index (κ1) is 14.7. The summed E-state index contributed by atoms with van der Waals surface area (Å²) >= 11 is 0. The number of carbonyl (C=O) groups is 1. The van der Waals surface area contributed by atoms with Crippen LogP contribution in [0.3, 0.4) is 0 Å². The Balaban J connectivity index is 1.53. The molecular weight excluding hydrogens is 306 g/mol. The lowest BCUT2D eigenvalue weighted by Gasteiger charge is -2.40. The minimum absolute atomic E-state index is 0.0611. The number of amides is 1. The van der Waals surface area contributed by atoms with Crippen LogP contribution in [0.4, 0.5) is 0 Å². The van der Waals surface area contributed by atoms with Gasteiger partial charge in [0.15, 0.2) is 5.58 Å². The van der Waals surface area contributed by atoms with Crippen LogP contribution in [0, 0.1) is 0 Å². The van der Waals surface area contributed by atoms with E-state index < -0.39 is 11.8 Å². The van der Waals surface area contributed by atoms with E-state index in [1.165, 1.54) is 10.1 Å². The van der Waals surface area contributed by atoms with Crippen LogP contribution in [-0.4, -0.2) is 33.4 Å². The van der Waals surface area contributed by atoms with Crippen LogP contribution in [0.25, 0.3) is 11.1 Å². The molecule has 1 aliphatic heterocycles. The number of fused-ring (bicyclic) bond motifs is 1. The molecule has 1 aliphatic rings. The Bertz CT molecular complexity index is 939. The maximum Gasteiger partial charge on any atom is 0.420 e. The fraction of sp³-hybridized carbons (Fsp3) is 0.278. The molecule has 3 heterocycles. The van der Waals surface area contributed by atoms with Crippen molar-refractivity contribution < 1.29 is 9.21 Å². The first-order valence-electron chi connectivity index (χ1n) is 7.94. The zero-order valence-electron chi connectivity index (χ0n) is 13.3. The molecule has 24 heavy (non-hydrogen) atoms. The highest BCUT2D eigenvalue weighted by molar-refractivity contribution is 5.83. The first-order valence-corrected chi connectivity index (χ1v) is 7.94. The predicted octanol–water partition coefficient (Wildman–Crippen LogP) is 2.18. The molecule has 2 aromatic heterocycles. The van der Waals surface area contributed by atoms with Gasteiger partial charge in [-0.15, -0.1) is 0 Å². The third kappa shape index (κ3) is 2.31. The second-order valence-corrected chi connectivity index (χ2v) is 6.10. The summed E-state index contributed by atoms with van der Waals surface area (Å²) in [6.07, 6.45) is 3.53.